The molecular weight excluding hydrogens is 477 g/mol. The molecule has 1 fully saturated rings. The van der Waals surface area contributed by atoms with Crippen molar-refractivity contribution < 1.29 is 23.5 Å². The first kappa shape index (κ1) is 25.5. The molecule has 0 bridgehead atoms. The lowest BCUT2D eigenvalue weighted by Crippen LogP contribution is -2.62. The number of ether oxygens (including phenoxy) is 1. The molecule has 1 unspecified atom stereocenters. The fourth-order valence-corrected chi connectivity index (χ4v) is 3.98. The van der Waals surface area contributed by atoms with Gasteiger partial charge in [0.25, 0.3) is 0 Å². The predicted octanol–water partition coefficient (Wildman–Crippen LogP) is 3.90. The molecule has 9 nitrogen and oxygen atoms in total. The molecule has 0 radical (unpaired) electrons. The van der Waals surface area contributed by atoms with Crippen molar-refractivity contribution in [2.75, 3.05) is 37.4 Å². The zero-order valence-electron chi connectivity index (χ0n) is 20.3. The van der Waals surface area contributed by atoms with Crippen LogP contribution in [0.5, 0.6) is 5.75 Å². The summed E-state index contributed by atoms with van der Waals surface area (Å²) in [6.45, 7) is 0.573. The number of urea groups is 2. The van der Waals surface area contributed by atoms with Crippen molar-refractivity contribution in [2.24, 2.45) is 0 Å². The number of nitrogens with one attached hydrogen (secondary N) is 3. The van der Waals surface area contributed by atoms with Crippen molar-refractivity contribution in [3.8, 4) is 5.75 Å². The lowest BCUT2D eigenvalue weighted by Gasteiger charge is -2.40. The average Bonchev–Trinajstić information content (AvgIpc) is 2.93. The van der Waals surface area contributed by atoms with E-state index < -0.39 is 29.8 Å². The van der Waals surface area contributed by atoms with E-state index in [4.69, 9.17) is 4.74 Å². The van der Waals surface area contributed by atoms with Gasteiger partial charge in [0, 0.05) is 31.0 Å². The second-order valence-electron chi connectivity index (χ2n) is 8.46. The molecule has 0 saturated carbocycles. The minimum atomic E-state index is -0.929. The van der Waals surface area contributed by atoms with Crippen molar-refractivity contribution in [2.45, 2.75) is 12.6 Å². The number of hydrogen-bond donors (Lipinski definition) is 3. The van der Waals surface area contributed by atoms with E-state index >= 15 is 0 Å². The van der Waals surface area contributed by atoms with Gasteiger partial charge < -0.3 is 30.5 Å². The number of piperazine rings is 1. The van der Waals surface area contributed by atoms with Gasteiger partial charge in [-0.3, -0.25) is 4.79 Å². The average molecular weight is 506 g/mol. The van der Waals surface area contributed by atoms with E-state index in [9.17, 15) is 18.8 Å². The third-order valence-corrected chi connectivity index (χ3v) is 5.95. The number of halogens is 1. The molecule has 10 heteroatoms. The van der Waals surface area contributed by atoms with Crippen LogP contribution < -0.4 is 20.7 Å². The first-order valence-electron chi connectivity index (χ1n) is 11.8. The molecule has 1 heterocycles. The predicted molar refractivity (Wildman–Crippen MR) is 138 cm³/mol. The van der Waals surface area contributed by atoms with Crippen LogP contribution >= 0.6 is 0 Å². The zero-order valence-corrected chi connectivity index (χ0v) is 20.3. The summed E-state index contributed by atoms with van der Waals surface area (Å²) in [7, 11) is 1.56. The molecule has 3 N–H and O–H groups in total. The largest absolute Gasteiger partial charge is 0.497 e. The van der Waals surface area contributed by atoms with E-state index in [2.05, 4.69) is 16.0 Å². The van der Waals surface area contributed by atoms with Crippen LogP contribution in [-0.2, 0) is 11.3 Å². The fourth-order valence-electron chi connectivity index (χ4n) is 3.98. The molecular formula is C27H28FN5O4. The van der Waals surface area contributed by atoms with E-state index in [0.717, 1.165) is 5.56 Å². The van der Waals surface area contributed by atoms with E-state index in [0.29, 0.717) is 17.1 Å². The third kappa shape index (κ3) is 6.75. The number of nitrogens with zero attached hydrogens (tertiary/aromatic N) is 2. The Morgan fingerprint density at radius 1 is 0.892 bits per heavy atom. The second kappa shape index (κ2) is 11.9. The van der Waals surface area contributed by atoms with Crippen LogP contribution in [0.4, 0.5) is 25.4 Å². The maximum atomic E-state index is 13.3. The van der Waals surface area contributed by atoms with Crippen LogP contribution in [0.25, 0.3) is 0 Å². The summed E-state index contributed by atoms with van der Waals surface area (Å²) in [5.41, 5.74) is 1.85. The number of amides is 5. The van der Waals surface area contributed by atoms with Crippen LogP contribution in [0, 0.1) is 5.82 Å². The summed E-state index contributed by atoms with van der Waals surface area (Å²) in [6.07, 6.45) is 0. The Morgan fingerprint density at radius 2 is 1.59 bits per heavy atom. The van der Waals surface area contributed by atoms with Gasteiger partial charge in [0.05, 0.1) is 13.7 Å². The van der Waals surface area contributed by atoms with E-state index in [1.54, 1.807) is 37.4 Å². The highest BCUT2D eigenvalue weighted by Crippen LogP contribution is 2.17. The number of anilines is 2. The van der Waals surface area contributed by atoms with E-state index in [1.807, 2.05) is 24.3 Å². The van der Waals surface area contributed by atoms with Gasteiger partial charge >= 0.3 is 12.1 Å². The summed E-state index contributed by atoms with van der Waals surface area (Å²) >= 11 is 0. The lowest BCUT2D eigenvalue weighted by atomic mass is 10.1. The Bertz CT molecular complexity index is 1240. The summed E-state index contributed by atoms with van der Waals surface area (Å²) in [5, 5.41) is 8.39. The third-order valence-electron chi connectivity index (χ3n) is 5.95. The number of hydrogen-bond acceptors (Lipinski definition) is 4. The van der Waals surface area contributed by atoms with Crippen molar-refractivity contribution in [3.05, 3.63) is 90.2 Å². The maximum absolute atomic E-state index is 13.3. The molecule has 5 amide bonds. The first-order valence-corrected chi connectivity index (χ1v) is 11.8. The van der Waals surface area contributed by atoms with Crippen molar-refractivity contribution in [1.29, 1.82) is 0 Å². The smallest absolute Gasteiger partial charge is 0.322 e. The van der Waals surface area contributed by atoms with Crippen LogP contribution in [-0.4, -0.2) is 60.6 Å². The highest BCUT2D eigenvalue weighted by atomic mass is 19.1. The number of carbonyl (C=O) groups is 3. The summed E-state index contributed by atoms with van der Waals surface area (Å²) in [6, 6.07) is 19.8. The van der Waals surface area contributed by atoms with Crippen molar-refractivity contribution in [3.63, 3.8) is 0 Å². The van der Waals surface area contributed by atoms with Crippen LogP contribution in [0.3, 0.4) is 0 Å². The molecule has 1 aliphatic rings. The number of rotatable bonds is 6. The normalized spacial score (nSPS) is 15.0. The number of carbonyl (C=O) groups excluding carboxylic acids is 3. The molecule has 1 atom stereocenters. The molecule has 1 aliphatic heterocycles. The number of para-hydroxylation sites is 1. The Balaban J connectivity index is 1.47. The Labute approximate surface area is 214 Å². The quantitative estimate of drug-likeness (QED) is 0.473. The molecule has 3 aromatic carbocycles. The van der Waals surface area contributed by atoms with Crippen LogP contribution in [0.15, 0.2) is 78.9 Å². The maximum Gasteiger partial charge on any atom is 0.322 e. The molecule has 1 saturated heterocycles. The minimum absolute atomic E-state index is 0.0147. The molecule has 0 aliphatic carbocycles. The SMILES string of the molecule is COc1cccc(CNC(=O)C2CN(C(=O)Nc3ccc(F)cc3)CCN2C(=O)Nc2ccccc2)c1. The zero-order chi connectivity index (χ0) is 26.2. The van der Waals surface area contributed by atoms with Gasteiger partial charge in [-0.25, -0.2) is 14.0 Å². The molecule has 4 rings (SSSR count). The fraction of sp³-hybridized carbons (Fsp3) is 0.222. The van der Waals surface area contributed by atoms with Gasteiger partial charge in [-0.05, 0) is 54.1 Å². The number of methoxy groups -OCH3 is 1. The van der Waals surface area contributed by atoms with Crippen LogP contribution in [0.1, 0.15) is 5.56 Å². The van der Waals surface area contributed by atoms with E-state index in [-0.39, 0.29) is 26.2 Å². The summed E-state index contributed by atoms with van der Waals surface area (Å²) in [4.78, 5) is 42.2. The Hall–Kier alpha value is -4.60. The van der Waals surface area contributed by atoms with Gasteiger partial charge in [0.2, 0.25) is 5.91 Å². The van der Waals surface area contributed by atoms with Gasteiger partial charge in [-0.15, -0.1) is 0 Å². The molecule has 0 aromatic heterocycles. The Morgan fingerprint density at radius 3 is 2.32 bits per heavy atom. The minimum Gasteiger partial charge on any atom is -0.497 e. The second-order valence-corrected chi connectivity index (χ2v) is 8.46. The molecule has 0 spiro atoms. The van der Waals surface area contributed by atoms with E-state index in [1.165, 1.54) is 34.1 Å². The highest BCUT2D eigenvalue weighted by molar-refractivity contribution is 5.95. The van der Waals surface area contributed by atoms with Crippen molar-refractivity contribution >= 4 is 29.3 Å². The van der Waals surface area contributed by atoms with Gasteiger partial charge in [-0.1, -0.05) is 30.3 Å². The molecule has 37 heavy (non-hydrogen) atoms. The van der Waals surface area contributed by atoms with Crippen LogP contribution in [0.2, 0.25) is 0 Å². The van der Waals surface area contributed by atoms with Gasteiger partial charge in [0.1, 0.15) is 17.6 Å². The summed E-state index contributed by atoms with van der Waals surface area (Å²) in [5.74, 6) is -0.147. The Kier molecular flexibility index (Phi) is 8.19. The summed E-state index contributed by atoms with van der Waals surface area (Å²) < 4.78 is 18.4. The van der Waals surface area contributed by atoms with Gasteiger partial charge in [-0.2, -0.15) is 0 Å². The lowest BCUT2D eigenvalue weighted by molar-refractivity contribution is -0.127. The topological polar surface area (TPSA) is 103 Å². The van der Waals surface area contributed by atoms with Gasteiger partial charge in [0.15, 0.2) is 0 Å². The molecule has 3 aromatic rings. The molecule has 192 valence electrons. The standard InChI is InChI=1S/C27H28FN5O4/c1-37-23-9-5-6-19(16-23)17-29-25(34)24-18-32(26(35)30-22-12-10-20(28)11-13-22)14-15-33(24)27(36)31-21-7-3-2-4-8-21/h2-13,16,24H,14-15,17-18H2,1H3,(H,29,34)(H,30,35)(H,31,36). The monoisotopic (exact) mass is 505 g/mol. The van der Waals surface area contributed by atoms with Crippen molar-refractivity contribution in [1.82, 2.24) is 15.1 Å². The highest BCUT2D eigenvalue weighted by Gasteiger charge is 2.37. The first-order chi connectivity index (χ1) is 17.9. The number of benzene rings is 3.